The highest BCUT2D eigenvalue weighted by Crippen LogP contribution is 2.08. The fourth-order valence-electron chi connectivity index (χ4n) is 1.04. The molecule has 0 unspecified atom stereocenters. The van der Waals surface area contributed by atoms with E-state index in [1.54, 1.807) is 12.1 Å². The average molecular weight is 193 g/mol. The molecule has 0 saturated carbocycles. The van der Waals surface area contributed by atoms with Gasteiger partial charge in [-0.1, -0.05) is 12.1 Å². The molecule has 1 N–H and O–H groups in total. The first-order valence-electron chi connectivity index (χ1n) is 4.60. The molecule has 1 aromatic carbocycles. The van der Waals surface area contributed by atoms with Crippen LogP contribution in [-0.2, 0) is 4.79 Å². The first kappa shape index (κ1) is 10.6. The molecule has 0 aliphatic heterocycles. The smallest absolute Gasteiger partial charge is 0.303 e. The number of aliphatic carboxylic acids is 1. The highest BCUT2D eigenvalue weighted by molar-refractivity contribution is 5.66. The van der Waals surface area contributed by atoms with Crippen LogP contribution in [0.15, 0.2) is 24.3 Å². The van der Waals surface area contributed by atoms with E-state index in [0.29, 0.717) is 13.0 Å². The van der Waals surface area contributed by atoms with Gasteiger partial charge in [-0.25, -0.2) is 0 Å². The van der Waals surface area contributed by atoms with Crippen LogP contribution < -0.4 is 4.74 Å². The number of carboxylic acids is 1. The minimum atomic E-state index is -0.751. The predicted molar refractivity (Wildman–Crippen MR) is 52.3 cm³/mol. The van der Waals surface area contributed by atoms with E-state index in [-0.39, 0.29) is 6.42 Å². The molecule has 1 rings (SSSR count). The van der Waals surface area contributed by atoms with E-state index in [1.807, 2.05) is 12.1 Å². The van der Waals surface area contributed by atoms with Gasteiger partial charge in [0.25, 0.3) is 0 Å². The molecule has 0 fully saturated rings. The summed E-state index contributed by atoms with van der Waals surface area (Å²) >= 11 is 0. The summed E-state index contributed by atoms with van der Waals surface area (Å²) in [6.45, 7) is 0.567. The molecule has 3 nitrogen and oxygen atoms in total. The molecule has 0 saturated heterocycles. The van der Waals surface area contributed by atoms with Gasteiger partial charge in [-0.15, -0.1) is 0 Å². The Kier molecular flexibility index (Phi) is 4.55. The van der Waals surface area contributed by atoms with Gasteiger partial charge in [-0.3, -0.25) is 4.79 Å². The van der Waals surface area contributed by atoms with Crippen molar-refractivity contribution in [1.82, 2.24) is 0 Å². The molecular weight excluding hydrogens is 180 g/mol. The summed E-state index contributed by atoms with van der Waals surface area (Å²) in [6, 6.07) is 10.1. The second kappa shape index (κ2) is 6.02. The van der Waals surface area contributed by atoms with E-state index in [9.17, 15) is 4.79 Å². The molecule has 0 aliphatic carbocycles. The Balaban J connectivity index is 2.08. The summed E-state index contributed by atoms with van der Waals surface area (Å²) in [4.78, 5) is 10.2. The number of rotatable bonds is 6. The van der Waals surface area contributed by atoms with Crippen molar-refractivity contribution < 1.29 is 14.6 Å². The molecular formula is C11H13O3. The lowest BCUT2D eigenvalue weighted by Gasteiger charge is -2.04. The van der Waals surface area contributed by atoms with Crippen molar-refractivity contribution in [2.24, 2.45) is 0 Å². The normalized spacial score (nSPS) is 9.71. The third-order valence-corrected chi connectivity index (χ3v) is 1.74. The Morgan fingerprint density at radius 1 is 1.36 bits per heavy atom. The van der Waals surface area contributed by atoms with E-state index >= 15 is 0 Å². The SMILES string of the molecule is O=C(O)CCCCOc1cc[c]cc1. The molecule has 0 aliphatic rings. The zero-order valence-corrected chi connectivity index (χ0v) is 7.90. The van der Waals surface area contributed by atoms with Gasteiger partial charge in [-0.05, 0) is 31.0 Å². The van der Waals surface area contributed by atoms with Crippen molar-refractivity contribution >= 4 is 5.97 Å². The molecule has 0 bridgehead atoms. The van der Waals surface area contributed by atoms with Crippen LogP contribution in [-0.4, -0.2) is 17.7 Å². The Bertz CT molecular complexity index is 269. The molecule has 0 spiro atoms. The third-order valence-electron chi connectivity index (χ3n) is 1.74. The maximum absolute atomic E-state index is 10.2. The van der Waals surface area contributed by atoms with Gasteiger partial charge in [0.1, 0.15) is 5.75 Å². The number of ether oxygens (including phenoxy) is 1. The van der Waals surface area contributed by atoms with Crippen LogP contribution in [0.25, 0.3) is 0 Å². The Labute approximate surface area is 83.3 Å². The van der Waals surface area contributed by atoms with Crippen molar-refractivity contribution in [3.8, 4) is 5.75 Å². The van der Waals surface area contributed by atoms with Crippen molar-refractivity contribution in [3.05, 3.63) is 30.3 Å². The van der Waals surface area contributed by atoms with Crippen LogP contribution in [0.4, 0.5) is 0 Å². The number of benzene rings is 1. The lowest BCUT2D eigenvalue weighted by molar-refractivity contribution is -0.137. The molecule has 0 heterocycles. The molecule has 1 radical (unpaired) electrons. The topological polar surface area (TPSA) is 46.5 Å². The van der Waals surface area contributed by atoms with E-state index in [2.05, 4.69) is 6.07 Å². The van der Waals surface area contributed by atoms with Gasteiger partial charge in [0, 0.05) is 6.42 Å². The van der Waals surface area contributed by atoms with Crippen LogP contribution in [0.3, 0.4) is 0 Å². The van der Waals surface area contributed by atoms with Crippen molar-refractivity contribution in [1.29, 1.82) is 0 Å². The molecule has 14 heavy (non-hydrogen) atoms. The highest BCUT2D eigenvalue weighted by Gasteiger charge is 1.96. The quantitative estimate of drug-likeness (QED) is 0.704. The fraction of sp³-hybridized carbons (Fsp3) is 0.364. The van der Waals surface area contributed by atoms with Gasteiger partial charge >= 0.3 is 5.97 Å². The van der Waals surface area contributed by atoms with Crippen molar-refractivity contribution in [2.45, 2.75) is 19.3 Å². The summed E-state index contributed by atoms with van der Waals surface area (Å²) in [5.74, 6) is 0.0541. The summed E-state index contributed by atoms with van der Waals surface area (Å²) < 4.78 is 5.37. The van der Waals surface area contributed by atoms with Crippen LogP contribution >= 0.6 is 0 Å². The third kappa shape index (κ3) is 4.50. The largest absolute Gasteiger partial charge is 0.494 e. The summed E-state index contributed by atoms with van der Waals surface area (Å²) in [5, 5.41) is 8.38. The van der Waals surface area contributed by atoms with E-state index in [1.165, 1.54) is 0 Å². The van der Waals surface area contributed by atoms with Gasteiger partial charge in [0.15, 0.2) is 0 Å². The molecule has 75 valence electrons. The summed E-state index contributed by atoms with van der Waals surface area (Å²) in [7, 11) is 0. The minimum Gasteiger partial charge on any atom is -0.494 e. The predicted octanol–water partition coefficient (Wildman–Crippen LogP) is 2.12. The average Bonchev–Trinajstić information content (AvgIpc) is 2.18. The summed E-state index contributed by atoms with van der Waals surface area (Å²) in [5.41, 5.74) is 0. The molecule has 0 amide bonds. The minimum absolute atomic E-state index is 0.214. The number of hydrogen-bond acceptors (Lipinski definition) is 2. The maximum Gasteiger partial charge on any atom is 0.303 e. The zero-order valence-electron chi connectivity index (χ0n) is 7.90. The monoisotopic (exact) mass is 193 g/mol. The number of carbonyl (C=O) groups is 1. The fourth-order valence-corrected chi connectivity index (χ4v) is 1.04. The first-order valence-corrected chi connectivity index (χ1v) is 4.60. The number of carboxylic acid groups (broad SMARTS) is 1. The van der Waals surface area contributed by atoms with Crippen LogP contribution in [0, 0.1) is 6.07 Å². The van der Waals surface area contributed by atoms with Gasteiger partial charge in [0.05, 0.1) is 6.61 Å². The molecule has 3 heteroatoms. The lowest BCUT2D eigenvalue weighted by Crippen LogP contribution is -2.00. The zero-order chi connectivity index (χ0) is 10.2. The Hall–Kier alpha value is -1.51. The molecule has 0 aromatic heterocycles. The van der Waals surface area contributed by atoms with E-state index < -0.39 is 5.97 Å². The lowest BCUT2D eigenvalue weighted by atomic mass is 10.2. The Morgan fingerprint density at radius 2 is 2.07 bits per heavy atom. The van der Waals surface area contributed by atoms with Gasteiger partial charge in [0.2, 0.25) is 0 Å². The van der Waals surface area contributed by atoms with Gasteiger partial charge < -0.3 is 9.84 Å². The standard InChI is InChI=1S/C11H13O3/c12-11(13)8-4-5-9-14-10-6-2-1-3-7-10/h2-3,6-7H,4-5,8-9H2,(H,12,13). The number of unbranched alkanes of at least 4 members (excludes halogenated alkanes) is 1. The number of hydrogen-bond donors (Lipinski definition) is 1. The first-order chi connectivity index (χ1) is 6.79. The van der Waals surface area contributed by atoms with Gasteiger partial charge in [-0.2, -0.15) is 0 Å². The van der Waals surface area contributed by atoms with Crippen LogP contribution in [0.1, 0.15) is 19.3 Å². The summed E-state index contributed by atoms with van der Waals surface area (Å²) in [6.07, 6.45) is 1.64. The Morgan fingerprint density at radius 3 is 2.71 bits per heavy atom. The van der Waals surface area contributed by atoms with Crippen LogP contribution in [0.5, 0.6) is 5.75 Å². The van der Waals surface area contributed by atoms with Crippen LogP contribution in [0.2, 0.25) is 0 Å². The molecule has 0 atom stereocenters. The maximum atomic E-state index is 10.2. The van der Waals surface area contributed by atoms with Crippen molar-refractivity contribution in [2.75, 3.05) is 6.61 Å². The molecule has 1 aromatic rings. The highest BCUT2D eigenvalue weighted by atomic mass is 16.5. The second-order valence-corrected chi connectivity index (χ2v) is 2.94. The van der Waals surface area contributed by atoms with E-state index in [0.717, 1.165) is 12.2 Å². The second-order valence-electron chi connectivity index (χ2n) is 2.94. The van der Waals surface area contributed by atoms with Crippen molar-refractivity contribution in [3.63, 3.8) is 0 Å². The van der Waals surface area contributed by atoms with E-state index in [4.69, 9.17) is 9.84 Å².